The zero-order valence-corrected chi connectivity index (χ0v) is 20.8. The Morgan fingerprint density at radius 3 is 2.41 bits per heavy atom. The molecule has 0 bridgehead atoms. The molecule has 0 spiro atoms. The SMILES string of the molecule is C[C@H](/C=C/[C@@H](C)[C@H]1C[C@@H](O)C2=C3C[C@H](O)C4C[C@@H](O)CC[C@]4(C)C3CC[C@@]21C)[C@H](C)CO. The molecule has 3 fully saturated rings. The van der Waals surface area contributed by atoms with Gasteiger partial charge in [0.15, 0.2) is 0 Å². The number of hydrogen-bond acceptors (Lipinski definition) is 4. The van der Waals surface area contributed by atoms with Crippen LogP contribution in [0.15, 0.2) is 23.3 Å². The van der Waals surface area contributed by atoms with Gasteiger partial charge in [0.2, 0.25) is 0 Å². The molecular formula is C28H46O4. The van der Waals surface area contributed by atoms with E-state index in [9.17, 15) is 20.4 Å². The molecule has 4 N–H and O–H groups in total. The highest BCUT2D eigenvalue weighted by Gasteiger charge is 2.59. The molecule has 2 unspecified atom stereocenters. The number of allylic oxidation sites excluding steroid dienone is 2. The van der Waals surface area contributed by atoms with Gasteiger partial charge in [-0.3, -0.25) is 0 Å². The Bertz CT molecular complexity index is 759. The van der Waals surface area contributed by atoms with E-state index < -0.39 is 12.2 Å². The monoisotopic (exact) mass is 446 g/mol. The number of aliphatic hydroxyl groups excluding tert-OH is 4. The second-order valence-corrected chi connectivity index (χ2v) is 12.4. The smallest absolute Gasteiger partial charge is 0.0761 e. The van der Waals surface area contributed by atoms with Gasteiger partial charge in [0.05, 0.1) is 18.3 Å². The van der Waals surface area contributed by atoms with Crippen LogP contribution < -0.4 is 0 Å². The van der Waals surface area contributed by atoms with E-state index in [2.05, 4.69) is 46.8 Å². The van der Waals surface area contributed by atoms with Crippen LogP contribution in [0.4, 0.5) is 0 Å². The second-order valence-electron chi connectivity index (χ2n) is 12.4. The van der Waals surface area contributed by atoms with Crippen LogP contribution in [-0.4, -0.2) is 45.3 Å². The molecule has 0 heterocycles. The van der Waals surface area contributed by atoms with E-state index in [-0.39, 0.29) is 35.4 Å². The molecule has 3 saturated carbocycles. The van der Waals surface area contributed by atoms with Gasteiger partial charge in [0.1, 0.15) is 0 Å². The predicted octanol–water partition coefficient (Wildman–Crippen LogP) is 4.47. The van der Waals surface area contributed by atoms with Crippen LogP contribution in [0.2, 0.25) is 0 Å². The van der Waals surface area contributed by atoms with Crippen molar-refractivity contribution >= 4 is 0 Å². The summed E-state index contributed by atoms with van der Waals surface area (Å²) >= 11 is 0. The van der Waals surface area contributed by atoms with Crippen LogP contribution >= 0.6 is 0 Å². The molecule has 11 atom stereocenters. The van der Waals surface area contributed by atoms with Crippen LogP contribution in [0.25, 0.3) is 0 Å². The lowest BCUT2D eigenvalue weighted by Crippen LogP contribution is -2.53. The second kappa shape index (κ2) is 8.83. The normalized spacial score (nSPS) is 47.0. The molecule has 4 nitrogen and oxygen atoms in total. The predicted molar refractivity (Wildman–Crippen MR) is 128 cm³/mol. The van der Waals surface area contributed by atoms with Gasteiger partial charge in [-0.1, -0.05) is 52.3 Å². The summed E-state index contributed by atoms with van der Waals surface area (Å²) < 4.78 is 0. The maximum absolute atomic E-state index is 11.3. The fraction of sp³-hybridized carbons (Fsp3) is 0.857. The van der Waals surface area contributed by atoms with Crippen molar-refractivity contribution < 1.29 is 20.4 Å². The minimum Gasteiger partial charge on any atom is -0.396 e. The molecule has 0 aliphatic heterocycles. The Morgan fingerprint density at radius 1 is 1.00 bits per heavy atom. The number of hydrogen-bond donors (Lipinski definition) is 4. The van der Waals surface area contributed by atoms with Gasteiger partial charge in [-0.05, 0) is 96.9 Å². The summed E-state index contributed by atoms with van der Waals surface area (Å²) in [6, 6.07) is 0. The summed E-state index contributed by atoms with van der Waals surface area (Å²) in [5.41, 5.74) is 2.62. The molecule has 0 aromatic heterocycles. The van der Waals surface area contributed by atoms with Crippen molar-refractivity contribution in [1.82, 2.24) is 0 Å². The van der Waals surface area contributed by atoms with E-state index >= 15 is 0 Å². The van der Waals surface area contributed by atoms with E-state index in [1.807, 2.05) is 0 Å². The van der Waals surface area contributed by atoms with Gasteiger partial charge in [0.25, 0.3) is 0 Å². The molecule has 0 amide bonds. The number of rotatable bonds is 5. The number of fused-ring (bicyclic) bond motifs is 4. The van der Waals surface area contributed by atoms with Crippen LogP contribution in [0.1, 0.15) is 79.6 Å². The molecule has 4 aliphatic carbocycles. The lowest BCUT2D eigenvalue weighted by atomic mass is 9.48. The van der Waals surface area contributed by atoms with Gasteiger partial charge in [-0.15, -0.1) is 0 Å². The lowest BCUT2D eigenvalue weighted by molar-refractivity contribution is -0.0965. The van der Waals surface area contributed by atoms with E-state index in [4.69, 9.17) is 0 Å². The third-order valence-corrected chi connectivity index (χ3v) is 10.6. The van der Waals surface area contributed by atoms with Crippen molar-refractivity contribution in [3.63, 3.8) is 0 Å². The molecular weight excluding hydrogens is 400 g/mol. The van der Waals surface area contributed by atoms with Crippen molar-refractivity contribution in [2.45, 2.75) is 97.9 Å². The summed E-state index contributed by atoms with van der Waals surface area (Å²) in [6.45, 7) is 11.4. The van der Waals surface area contributed by atoms with Crippen LogP contribution in [0, 0.1) is 46.3 Å². The molecule has 0 saturated heterocycles. The summed E-state index contributed by atoms with van der Waals surface area (Å²) in [6.07, 6.45) is 9.66. The molecule has 32 heavy (non-hydrogen) atoms. The summed E-state index contributed by atoms with van der Waals surface area (Å²) in [4.78, 5) is 0. The Morgan fingerprint density at radius 2 is 1.72 bits per heavy atom. The largest absolute Gasteiger partial charge is 0.396 e. The summed E-state index contributed by atoms with van der Waals surface area (Å²) in [5.74, 6) is 1.93. The van der Waals surface area contributed by atoms with Crippen molar-refractivity contribution in [3.05, 3.63) is 23.3 Å². The molecule has 0 radical (unpaired) electrons. The molecule has 0 aromatic rings. The van der Waals surface area contributed by atoms with E-state index in [0.29, 0.717) is 36.5 Å². The minimum atomic E-state index is -0.416. The van der Waals surface area contributed by atoms with Crippen molar-refractivity contribution in [3.8, 4) is 0 Å². The maximum Gasteiger partial charge on any atom is 0.0761 e. The highest BCUT2D eigenvalue weighted by molar-refractivity contribution is 5.38. The highest BCUT2D eigenvalue weighted by atomic mass is 16.3. The molecule has 4 heteroatoms. The van der Waals surface area contributed by atoms with Crippen LogP contribution in [-0.2, 0) is 0 Å². The Kier molecular flexibility index (Phi) is 6.75. The molecule has 4 aliphatic rings. The van der Waals surface area contributed by atoms with Gasteiger partial charge in [0, 0.05) is 6.61 Å². The summed E-state index contributed by atoms with van der Waals surface area (Å²) in [7, 11) is 0. The standard InChI is InChI=1S/C28H46O4/c1-16(18(3)15-29)6-7-17(2)22-14-25(32)26-20-13-24(31)23-12-19(30)8-10-27(23,4)21(20)9-11-28(22,26)5/h6-7,16-19,21-25,29-32H,8-15H2,1-5H3/b7-6+/t16-,17-,18-,19+,21?,22-,23?,24+,25-,27-,28-/m1/s1. The van der Waals surface area contributed by atoms with Crippen LogP contribution in [0.5, 0.6) is 0 Å². The fourth-order valence-electron chi connectivity index (χ4n) is 8.26. The van der Waals surface area contributed by atoms with Gasteiger partial charge in [-0.2, -0.15) is 0 Å². The average Bonchev–Trinajstić information content (AvgIpc) is 3.03. The van der Waals surface area contributed by atoms with Gasteiger partial charge < -0.3 is 20.4 Å². The van der Waals surface area contributed by atoms with Crippen molar-refractivity contribution in [1.29, 1.82) is 0 Å². The third-order valence-electron chi connectivity index (χ3n) is 10.6. The zero-order valence-electron chi connectivity index (χ0n) is 20.8. The first-order valence-electron chi connectivity index (χ1n) is 13.1. The van der Waals surface area contributed by atoms with Crippen molar-refractivity contribution in [2.75, 3.05) is 6.61 Å². The quantitative estimate of drug-likeness (QED) is 0.470. The van der Waals surface area contributed by atoms with E-state index in [1.54, 1.807) is 0 Å². The lowest BCUT2D eigenvalue weighted by Gasteiger charge is -2.58. The van der Waals surface area contributed by atoms with Gasteiger partial charge in [-0.25, -0.2) is 0 Å². The van der Waals surface area contributed by atoms with Gasteiger partial charge >= 0.3 is 0 Å². The molecule has 182 valence electrons. The Balaban J connectivity index is 1.63. The first-order chi connectivity index (χ1) is 15.0. The topological polar surface area (TPSA) is 80.9 Å². The van der Waals surface area contributed by atoms with Crippen molar-refractivity contribution in [2.24, 2.45) is 46.3 Å². The Hall–Kier alpha value is -0.680. The minimum absolute atomic E-state index is 0.0159. The summed E-state index contributed by atoms with van der Waals surface area (Å²) in [5, 5.41) is 42.2. The first-order valence-corrected chi connectivity index (χ1v) is 13.1. The van der Waals surface area contributed by atoms with Crippen LogP contribution in [0.3, 0.4) is 0 Å². The highest BCUT2D eigenvalue weighted by Crippen LogP contribution is 2.65. The van der Waals surface area contributed by atoms with E-state index in [0.717, 1.165) is 32.1 Å². The molecule has 4 rings (SSSR count). The zero-order chi connectivity index (χ0) is 23.4. The Labute approximate surface area is 194 Å². The third kappa shape index (κ3) is 3.83. The average molecular weight is 447 g/mol. The first kappa shape index (κ1) is 24.4. The maximum atomic E-state index is 11.3. The molecule has 0 aromatic carbocycles. The fourth-order valence-corrected chi connectivity index (χ4v) is 8.26. The van der Waals surface area contributed by atoms with E-state index in [1.165, 1.54) is 11.1 Å². The number of aliphatic hydroxyl groups is 4.